The van der Waals surface area contributed by atoms with E-state index in [0.717, 1.165) is 18.6 Å². The van der Waals surface area contributed by atoms with E-state index in [2.05, 4.69) is 35.2 Å². The minimum absolute atomic E-state index is 0.00457. The Morgan fingerprint density at radius 2 is 1.62 bits per heavy atom. The van der Waals surface area contributed by atoms with Crippen molar-refractivity contribution in [2.45, 2.75) is 56.9 Å². The second-order valence-electron chi connectivity index (χ2n) is 17.2. The number of imide groups is 1. The molecule has 3 amide bonds. The van der Waals surface area contributed by atoms with Crippen LogP contribution >= 0.6 is 0 Å². The summed E-state index contributed by atoms with van der Waals surface area (Å²) in [6, 6.07) is 12.6. The number of benzene rings is 3. The molecule has 0 bridgehead atoms. The van der Waals surface area contributed by atoms with Gasteiger partial charge in [-0.2, -0.15) is 18.0 Å². The van der Waals surface area contributed by atoms with E-state index < -0.39 is 39.3 Å². The van der Waals surface area contributed by atoms with Gasteiger partial charge < -0.3 is 19.9 Å². The van der Waals surface area contributed by atoms with Crippen molar-refractivity contribution in [3.05, 3.63) is 100 Å². The Labute approximate surface area is 389 Å². The molecule has 3 aromatic carbocycles. The summed E-state index contributed by atoms with van der Waals surface area (Å²) in [5.41, 5.74) is 0.710. The fraction of sp³-hybridized carbons (Fsp3) is 0.391. The van der Waals surface area contributed by atoms with Crippen molar-refractivity contribution in [3.8, 4) is 23.3 Å². The SMILES string of the molecule is N#Cc1c(NS(=O)(=O)N2CCCCC2)ccc(F)c1Oc1ccc2ncn(-c3cnc(N4CCN(C(=O)CN5CCC(c6ccc(N[C@@H]7CCC(=O)NC7=O)cc6F)CC5)CC4)nc3)c(=O)c2c1. The number of amides is 3. The molecule has 0 aliphatic carbocycles. The van der Waals surface area contributed by atoms with Gasteiger partial charge in [0, 0.05) is 51.4 Å². The summed E-state index contributed by atoms with van der Waals surface area (Å²) < 4.78 is 67.4. The number of aromatic nitrogens is 4. The number of anilines is 3. The molecule has 4 saturated heterocycles. The van der Waals surface area contributed by atoms with Gasteiger partial charge in [0.15, 0.2) is 11.6 Å². The molecule has 354 valence electrons. The number of halogens is 2. The molecule has 4 fully saturated rings. The molecule has 5 aromatic rings. The van der Waals surface area contributed by atoms with Crippen LogP contribution in [0.1, 0.15) is 62.0 Å². The summed E-state index contributed by atoms with van der Waals surface area (Å²) in [5, 5.41) is 15.4. The number of likely N-dealkylation sites (tertiary alicyclic amines) is 1. The van der Waals surface area contributed by atoms with Crippen LogP contribution in [0.2, 0.25) is 0 Å². The Hall–Kier alpha value is -7.09. The normalized spacial score (nSPS) is 18.8. The van der Waals surface area contributed by atoms with Crippen LogP contribution in [0.4, 0.5) is 26.1 Å². The van der Waals surface area contributed by atoms with Crippen LogP contribution in [-0.4, -0.2) is 125 Å². The summed E-state index contributed by atoms with van der Waals surface area (Å²) >= 11 is 0. The fourth-order valence-electron chi connectivity index (χ4n) is 9.06. The highest BCUT2D eigenvalue weighted by atomic mass is 32.2. The molecule has 0 spiro atoms. The molecule has 19 nitrogen and oxygen atoms in total. The average Bonchev–Trinajstić information content (AvgIpc) is 3.34. The molecule has 3 N–H and O–H groups in total. The first-order valence-electron chi connectivity index (χ1n) is 22.5. The van der Waals surface area contributed by atoms with E-state index >= 15 is 8.78 Å². The fourth-order valence-corrected chi connectivity index (χ4v) is 10.4. The smallest absolute Gasteiger partial charge is 0.301 e. The highest BCUT2D eigenvalue weighted by Gasteiger charge is 2.31. The van der Waals surface area contributed by atoms with Crippen molar-refractivity contribution in [2.24, 2.45) is 0 Å². The molecular formula is C46H48F2N12O7S. The third-order valence-corrected chi connectivity index (χ3v) is 14.4. The number of piperazine rings is 1. The van der Waals surface area contributed by atoms with E-state index in [9.17, 15) is 32.9 Å². The number of hydrogen-bond donors (Lipinski definition) is 3. The van der Waals surface area contributed by atoms with Crippen molar-refractivity contribution in [3.63, 3.8) is 0 Å². The van der Waals surface area contributed by atoms with Gasteiger partial charge in [-0.05, 0) is 99.1 Å². The topological polar surface area (TPSA) is 228 Å². The number of nitriles is 1. The van der Waals surface area contributed by atoms with Gasteiger partial charge in [-0.15, -0.1) is 0 Å². The maximum atomic E-state index is 15.3. The number of rotatable bonds is 12. The van der Waals surface area contributed by atoms with Gasteiger partial charge in [0.25, 0.3) is 5.56 Å². The molecule has 2 aromatic heterocycles. The second kappa shape index (κ2) is 19.6. The van der Waals surface area contributed by atoms with E-state index in [-0.39, 0.29) is 58.9 Å². The first kappa shape index (κ1) is 46.0. The van der Waals surface area contributed by atoms with Gasteiger partial charge >= 0.3 is 10.2 Å². The zero-order chi connectivity index (χ0) is 47.5. The third kappa shape index (κ3) is 9.95. The van der Waals surface area contributed by atoms with Crippen molar-refractivity contribution < 1.29 is 36.3 Å². The van der Waals surface area contributed by atoms with Crippen molar-refractivity contribution in [2.75, 3.05) is 73.8 Å². The number of carbonyl (C=O) groups excluding carboxylic acids is 3. The molecule has 22 heteroatoms. The molecular weight excluding hydrogens is 903 g/mol. The molecule has 4 aliphatic heterocycles. The predicted octanol–water partition coefficient (Wildman–Crippen LogP) is 4.01. The van der Waals surface area contributed by atoms with Crippen molar-refractivity contribution in [1.29, 1.82) is 5.26 Å². The van der Waals surface area contributed by atoms with Gasteiger partial charge in [0.1, 0.15) is 35.6 Å². The highest BCUT2D eigenvalue weighted by molar-refractivity contribution is 7.90. The maximum absolute atomic E-state index is 15.3. The summed E-state index contributed by atoms with van der Waals surface area (Å²) in [7, 11) is -4.02. The monoisotopic (exact) mass is 950 g/mol. The molecule has 9 rings (SSSR count). The van der Waals surface area contributed by atoms with Gasteiger partial charge in [-0.3, -0.25) is 38.7 Å². The summed E-state index contributed by atoms with van der Waals surface area (Å²) in [6.45, 7) is 4.09. The van der Waals surface area contributed by atoms with Crippen LogP contribution in [0.25, 0.3) is 16.6 Å². The molecule has 6 heterocycles. The molecule has 68 heavy (non-hydrogen) atoms. The van der Waals surface area contributed by atoms with Crippen LogP contribution in [0, 0.1) is 23.0 Å². The Bertz CT molecular complexity index is 2970. The number of carbonyl (C=O) groups is 3. The second-order valence-corrected chi connectivity index (χ2v) is 18.9. The number of nitrogens with one attached hydrogen (secondary N) is 3. The van der Waals surface area contributed by atoms with Crippen LogP contribution in [-0.2, 0) is 24.6 Å². The minimum Gasteiger partial charge on any atom is -0.453 e. The first-order valence-corrected chi connectivity index (χ1v) is 23.9. The predicted molar refractivity (Wildman–Crippen MR) is 245 cm³/mol. The van der Waals surface area contributed by atoms with Gasteiger partial charge in [-0.25, -0.2) is 23.7 Å². The van der Waals surface area contributed by atoms with Crippen LogP contribution in [0.3, 0.4) is 0 Å². The third-order valence-electron chi connectivity index (χ3n) is 12.8. The van der Waals surface area contributed by atoms with Gasteiger partial charge in [0.05, 0.1) is 41.2 Å². The average molecular weight is 951 g/mol. The standard InChI is InChI=1S/C46H48F2N12O7S/c47-36-7-9-39(55-68(65,66)59-14-2-1-3-15-59)35(24-49)43(36)67-32-5-8-38-34(23-32)45(64)60(28-52-38)31-25-50-46(51-26-31)58-20-18-57(19-21-58)42(62)27-56-16-12-29(13-17-56)33-6-4-30(22-37(33)48)53-40-10-11-41(61)54-44(40)63/h4-9,22-23,25-26,28-29,40,53,55H,1-3,10-21,27H2,(H,54,61,63)/t40-/m1/s1. The zero-order valence-corrected chi connectivity index (χ0v) is 37.7. The molecule has 0 saturated carbocycles. The number of piperidine rings is 3. The molecule has 0 radical (unpaired) electrons. The number of fused-ring (bicyclic) bond motifs is 1. The quantitative estimate of drug-likeness (QED) is 0.150. The Balaban J connectivity index is 0.781. The summed E-state index contributed by atoms with van der Waals surface area (Å²) in [5.74, 6) is -2.08. The van der Waals surface area contributed by atoms with E-state index in [1.54, 1.807) is 12.1 Å². The number of ether oxygens (including phenoxy) is 1. The van der Waals surface area contributed by atoms with Gasteiger partial charge in [0.2, 0.25) is 23.7 Å². The van der Waals surface area contributed by atoms with Crippen molar-refractivity contribution in [1.82, 2.24) is 38.9 Å². The lowest BCUT2D eigenvalue weighted by atomic mass is 9.89. The lowest BCUT2D eigenvalue weighted by Gasteiger charge is -2.37. The van der Waals surface area contributed by atoms with E-state index in [1.807, 2.05) is 15.9 Å². The minimum atomic E-state index is -4.02. The van der Waals surface area contributed by atoms with E-state index in [4.69, 9.17) is 4.74 Å². The van der Waals surface area contributed by atoms with Gasteiger partial charge in [-0.1, -0.05) is 12.5 Å². The lowest BCUT2D eigenvalue weighted by Crippen LogP contribution is -2.52. The van der Waals surface area contributed by atoms with Crippen molar-refractivity contribution >= 4 is 56.2 Å². The maximum Gasteiger partial charge on any atom is 0.301 e. The Morgan fingerprint density at radius 3 is 2.32 bits per heavy atom. The van der Waals surface area contributed by atoms with Crippen LogP contribution in [0.15, 0.2) is 72.0 Å². The first-order chi connectivity index (χ1) is 32.8. The zero-order valence-electron chi connectivity index (χ0n) is 36.9. The molecule has 4 aliphatic rings. The summed E-state index contributed by atoms with van der Waals surface area (Å²) in [6.07, 6.45) is 8.59. The largest absolute Gasteiger partial charge is 0.453 e. The number of hydrogen-bond acceptors (Lipinski definition) is 14. The van der Waals surface area contributed by atoms with E-state index in [0.29, 0.717) is 113 Å². The molecule has 0 unspecified atom stereocenters. The van der Waals surface area contributed by atoms with Crippen LogP contribution < -0.4 is 30.6 Å². The Morgan fingerprint density at radius 1 is 0.868 bits per heavy atom. The molecule has 1 atom stereocenters. The van der Waals surface area contributed by atoms with Crippen LogP contribution in [0.5, 0.6) is 11.5 Å². The Kier molecular flexibility index (Phi) is 13.3. The highest BCUT2D eigenvalue weighted by Crippen LogP contribution is 2.35. The lowest BCUT2D eigenvalue weighted by molar-refractivity contribution is -0.134. The summed E-state index contributed by atoms with van der Waals surface area (Å²) in [4.78, 5) is 70.0. The number of nitrogens with zero attached hydrogens (tertiary/aromatic N) is 9. The van der Waals surface area contributed by atoms with E-state index in [1.165, 1.54) is 51.9 Å².